The number of hydrogen-bond acceptors (Lipinski definition) is 7. The maximum absolute atomic E-state index is 15.2. The molecule has 0 spiro atoms. The highest BCUT2D eigenvalue weighted by Crippen LogP contribution is 2.39. The Morgan fingerprint density at radius 2 is 1.85 bits per heavy atom. The second-order valence-corrected chi connectivity index (χ2v) is 10.7. The number of piperidine rings is 1. The summed E-state index contributed by atoms with van der Waals surface area (Å²) in [5, 5.41) is 5.58. The molecule has 3 aromatic rings. The number of aromatic nitrogens is 2. The van der Waals surface area contributed by atoms with Crippen LogP contribution in [0.4, 0.5) is 30.5 Å². The minimum Gasteiger partial charge on any atom is -0.486 e. The summed E-state index contributed by atoms with van der Waals surface area (Å²) in [5.74, 6) is -1.33. The number of rotatable bonds is 8. The highest BCUT2D eigenvalue weighted by Gasteiger charge is 2.26. The van der Waals surface area contributed by atoms with Gasteiger partial charge in [0.2, 0.25) is 11.9 Å². The maximum atomic E-state index is 15.2. The number of halogens is 3. The number of benzene rings is 2. The van der Waals surface area contributed by atoms with Crippen molar-refractivity contribution in [2.24, 2.45) is 0 Å². The standard InChI is InChI=1S/C30H35F3N6O2/c1-18(2)39-12-13-41-29-24(32)14-20(15-26(29)39)28-25(33)17-35-30(37-28)36-21-4-5-22(23(31)16-21)19-6-9-38(10-7-19)11-8-27(40)34-3/h4-5,14-19H,6-13H2,1-3H3,(H,34,40)(H,35,36,37). The van der Waals surface area contributed by atoms with Crippen LogP contribution in [0, 0.1) is 17.5 Å². The first-order chi connectivity index (χ1) is 19.7. The second-order valence-electron chi connectivity index (χ2n) is 10.7. The predicted octanol–water partition coefficient (Wildman–Crippen LogP) is 5.23. The number of amides is 1. The lowest BCUT2D eigenvalue weighted by atomic mass is 9.89. The fourth-order valence-electron chi connectivity index (χ4n) is 5.52. The summed E-state index contributed by atoms with van der Waals surface area (Å²) in [7, 11) is 1.63. The van der Waals surface area contributed by atoms with E-state index < -0.39 is 11.6 Å². The average Bonchev–Trinajstić information content (AvgIpc) is 2.97. The zero-order valence-corrected chi connectivity index (χ0v) is 23.5. The van der Waals surface area contributed by atoms with Gasteiger partial charge in [0.05, 0.1) is 18.4 Å². The molecule has 3 heterocycles. The van der Waals surface area contributed by atoms with Crippen molar-refractivity contribution in [1.82, 2.24) is 20.2 Å². The molecule has 1 amide bonds. The van der Waals surface area contributed by atoms with Gasteiger partial charge in [-0.2, -0.15) is 0 Å². The molecule has 41 heavy (non-hydrogen) atoms. The fraction of sp³-hybridized carbons (Fsp3) is 0.433. The quantitative estimate of drug-likeness (QED) is 0.385. The third-order valence-electron chi connectivity index (χ3n) is 7.77. The van der Waals surface area contributed by atoms with Gasteiger partial charge in [-0.1, -0.05) is 6.07 Å². The van der Waals surface area contributed by atoms with Crippen LogP contribution in [0.25, 0.3) is 11.3 Å². The van der Waals surface area contributed by atoms with Crippen molar-refractivity contribution in [1.29, 1.82) is 0 Å². The van der Waals surface area contributed by atoms with E-state index in [4.69, 9.17) is 4.74 Å². The summed E-state index contributed by atoms with van der Waals surface area (Å²) in [6.45, 7) is 7.25. The minimum absolute atomic E-state index is 0.0146. The van der Waals surface area contributed by atoms with Gasteiger partial charge in [-0.05, 0) is 75.5 Å². The number of ether oxygens (including phenoxy) is 1. The molecule has 0 saturated carbocycles. The van der Waals surface area contributed by atoms with Gasteiger partial charge in [0.1, 0.15) is 18.1 Å². The first-order valence-electron chi connectivity index (χ1n) is 14.0. The number of hydrogen-bond donors (Lipinski definition) is 2. The van der Waals surface area contributed by atoms with Gasteiger partial charge in [-0.3, -0.25) is 4.79 Å². The largest absolute Gasteiger partial charge is 0.486 e. The minimum atomic E-state index is -0.703. The summed E-state index contributed by atoms with van der Waals surface area (Å²) in [6.07, 6.45) is 3.08. The summed E-state index contributed by atoms with van der Waals surface area (Å²) in [5.41, 5.74) is 1.79. The van der Waals surface area contributed by atoms with Crippen molar-refractivity contribution >= 4 is 23.2 Å². The van der Waals surface area contributed by atoms with Gasteiger partial charge in [0.25, 0.3) is 0 Å². The van der Waals surface area contributed by atoms with Crippen LogP contribution in [0.15, 0.2) is 36.5 Å². The van der Waals surface area contributed by atoms with Crippen molar-refractivity contribution in [3.05, 3.63) is 59.5 Å². The highest BCUT2D eigenvalue weighted by molar-refractivity contribution is 5.75. The van der Waals surface area contributed by atoms with Gasteiger partial charge in [0.15, 0.2) is 17.4 Å². The van der Waals surface area contributed by atoms with Crippen LogP contribution in [0.1, 0.15) is 44.6 Å². The van der Waals surface area contributed by atoms with E-state index >= 15 is 4.39 Å². The first-order valence-corrected chi connectivity index (χ1v) is 14.0. The van der Waals surface area contributed by atoms with Crippen LogP contribution in [0.3, 0.4) is 0 Å². The van der Waals surface area contributed by atoms with E-state index in [-0.39, 0.29) is 46.6 Å². The Morgan fingerprint density at radius 3 is 2.56 bits per heavy atom. The zero-order valence-electron chi connectivity index (χ0n) is 23.5. The lowest BCUT2D eigenvalue weighted by Crippen LogP contribution is -2.38. The lowest BCUT2D eigenvalue weighted by Gasteiger charge is -2.34. The monoisotopic (exact) mass is 568 g/mol. The number of carbonyl (C=O) groups is 1. The third kappa shape index (κ3) is 6.40. The Balaban J connectivity index is 1.30. The van der Waals surface area contributed by atoms with Gasteiger partial charge in [-0.15, -0.1) is 0 Å². The average molecular weight is 569 g/mol. The van der Waals surface area contributed by atoms with Crippen molar-refractivity contribution in [2.45, 2.75) is 45.1 Å². The molecule has 2 aromatic carbocycles. The van der Waals surface area contributed by atoms with Crippen molar-refractivity contribution < 1.29 is 22.7 Å². The highest BCUT2D eigenvalue weighted by atomic mass is 19.1. The van der Waals surface area contributed by atoms with E-state index in [1.54, 1.807) is 25.2 Å². The van der Waals surface area contributed by atoms with E-state index in [1.165, 1.54) is 12.1 Å². The van der Waals surface area contributed by atoms with Crippen LogP contribution < -0.4 is 20.3 Å². The number of anilines is 3. The molecule has 11 heteroatoms. The summed E-state index contributed by atoms with van der Waals surface area (Å²) in [6, 6.07) is 7.86. The molecule has 8 nitrogen and oxygen atoms in total. The maximum Gasteiger partial charge on any atom is 0.227 e. The van der Waals surface area contributed by atoms with Gasteiger partial charge >= 0.3 is 0 Å². The zero-order chi connectivity index (χ0) is 29.1. The Bertz CT molecular complexity index is 1410. The van der Waals surface area contributed by atoms with Crippen molar-refractivity contribution in [3.63, 3.8) is 0 Å². The normalized spacial score (nSPS) is 15.9. The molecular formula is C30H35F3N6O2. The van der Waals surface area contributed by atoms with Gasteiger partial charge in [0, 0.05) is 37.3 Å². The second kappa shape index (κ2) is 12.3. The van der Waals surface area contributed by atoms with Crippen LogP contribution in [0.2, 0.25) is 0 Å². The summed E-state index contributed by atoms with van der Waals surface area (Å²) >= 11 is 0. The van der Waals surface area contributed by atoms with Crippen LogP contribution in [-0.4, -0.2) is 66.7 Å². The molecule has 2 aliphatic heterocycles. The summed E-state index contributed by atoms with van der Waals surface area (Å²) < 4.78 is 50.6. The lowest BCUT2D eigenvalue weighted by molar-refractivity contribution is -0.121. The Morgan fingerprint density at radius 1 is 1.07 bits per heavy atom. The smallest absolute Gasteiger partial charge is 0.227 e. The first kappa shape index (κ1) is 28.7. The topological polar surface area (TPSA) is 82.6 Å². The number of carbonyl (C=O) groups excluding carboxylic acids is 1. The van der Waals surface area contributed by atoms with E-state index in [0.29, 0.717) is 43.1 Å². The third-order valence-corrected chi connectivity index (χ3v) is 7.77. The molecule has 1 saturated heterocycles. The molecule has 0 unspecified atom stereocenters. The molecule has 2 aliphatic rings. The fourth-order valence-corrected chi connectivity index (χ4v) is 5.52. The van der Waals surface area contributed by atoms with Crippen LogP contribution in [-0.2, 0) is 4.79 Å². The molecule has 2 N–H and O–H groups in total. The molecule has 0 aliphatic carbocycles. The predicted molar refractivity (Wildman–Crippen MR) is 152 cm³/mol. The van der Waals surface area contributed by atoms with Crippen molar-refractivity contribution in [2.75, 3.05) is 50.1 Å². The van der Waals surface area contributed by atoms with E-state index in [2.05, 4.69) is 25.5 Å². The molecule has 0 atom stereocenters. The molecule has 5 rings (SSSR count). The Kier molecular flexibility index (Phi) is 8.63. The number of fused-ring (bicyclic) bond motifs is 1. The summed E-state index contributed by atoms with van der Waals surface area (Å²) in [4.78, 5) is 24.1. The van der Waals surface area contributed by atoms with E-state index in [9.17, 15) is 13.6 Å². The Labute approximate surface area is 237 Å². The molecule has 1 fully saturated rings. The molecular weight excluding hydrogens is 533 g/mol. The van der Waals surface area contributed by atoms with Crippen molar-refractivity contribution in [3.8, 4) is 17.0 Å². The van der Waals surface area contributed by atoms with E-state index in [1.807, 2.05) is 18.7 Å². The molecule has 0 bridgehead atoms. The number of nitrogens with one attached hydrogen (secondary N) is 2. The van der Waals surface area contributed by atoms with E-state index in [0.717, 1.165) is 32.1 Å². The SMILES string of the molecule is CNC(=O)CCN1CCC(c2ccc(Nc3ncc(F)c(-c4cc(F)c5c(c4)N(C(C)C)CCO5)n3)cc2F)CC1. The van der Waals surface area contributed by atoms with Crippen LogP contribution in [0.5, 0.6) is 5.75 Å². The number of likely N-dealkylation sites (tertiary alicyclic amines) is 1. The number of nitrogens with zero attached hydrogens (tertiary/aromatic N) is 4. The molecule has 1 aromatic heterocycles. The molecule has 0 radical (unpaired) electrons. The molecule has 218 valence electrons. The van der Waals surface area contributed by atoms with Gasteiger partial charge in [-0.25, -0.2) is 23.1 Å². The Hall–Kier alpha value is -3.86. The van der Waals surface area contributed by atoms with Gasteiger partial charge < -0.3 is 25.2 Å². The van der Waals surface area contributed by atoms with Crippen LogP contribution >= 0.6 is 0 Å².